The third-order valence-corrected chi connectivity index (χ3v) is 1.59. The molecule has 3 nitrogen and oxygen atoms in total. The number of allylic oxidation sites excluding steroid dienone is 1. The highest BCUT2D eigenvalue weighted by molar-refractivity contribution is 5.84. The fourth-order valence-corrected chi connectivity index (χ4v) is 0.889. The molecule has 0 saturated carbocycles. The Bertz CT molecular complexity index is 353. The molecule has 3 heteroatoms. The van der Waals surface area contributed by atoms with Gasteiger partial charge in [-0.25, -0.2) is 4.79 Å². The van der Waals surface area contributed by atoms with E-state index in [0.29, 0.717) is 5.76 Å². The van der Waals surface area contributed by atoms with E-state index in [1.54, 1.807) is 12.1 Å². The van der Waals surface area contributed by atoms with Crippen LogP contribution in [0.2, 0.25) is 0 Å². The Morgan fingerprint density at radius 3 is 2.50 bits per heavy atom. The predicted octanol–water partition coefficient (Wildman–Crippen LogP) is 3.04. The molecule has 0 fully saturated rings. The summed E-state index contributed by atoms with van der Waals surface area (Å²) in [5.41, 5.74) is 0.0657. The van der Waals surface area contributed by atoms with Gasteiger partial charge in [0.05, 0.1) is 0 Å². The number of hydrogen-bond acceptors (Lipinski definition) is 2. The van der Waals surface area contributed by atoms with E-state index in [1.807, 2.05) is 6.08 Å². The maximum atomic E-state index is 10.5. The Kier molecular flexibility index (Phi) is 2.79. The van der Waals surface area contributed by atoms with Crippen LogP contribution in [0.1, 0.15) is 37.1 Å². The Hall–Kier alpha value is -1.51. The fraction of sp³-hybridized carbons (Fsp3) is 0.364. The maximum absolute atomic E-state index is 10.5. The van der Waals surface area contributed by atoms with Crippen molar-refractivity contribution in [2.75, 3.05) is 0 Å². The van der Waals surface area contributed by atoms with Crippen molar-refractivity contribution >= 4 is 12.0 Å². The van der Waals surface area contributed by atoms with Gasteiger partial charge in [-0.15, -0.1) is 0 Å². The number of furan rings is 1. The second kappa shape index (κ2) is 3.70. The van der Waals surface area contributed by atoms with Gasteiger partial charge in [0.1, 0.15) is 5.76 Å². The standard InChI is InChI=1S/C11H14O3/c1-11(2,3)7-6-8-4-5-9(14-8)10(12)13/h4-7H,1-3H3,(H,12,13). The van der Waals surface area contributed by atoms with Crippen LogP contribution < -0.4 is 0 Å². The first-order valence-electron chi connectivity index (χ1n) is 4.41. The van der Waals surface area contributed by atoms with Crippen molar-refractivity contribution in [1.82, 2.24) is 0 Å². The van der Waals surface area contributed by atoms with Gasteiger partial charge in [-0.2, -0.15) is 0 Å². The monoisotopic (exact) mass is 194 g/mol. The van der Waals surface area contributed by atoms with Gasteiger partial charge in [0.25, 0.3) is 0 Å². The van der Waals surface area contributed by atoms with Crippen LogP contribution in [0.4, 0.5) is 0 Å². The molecule has 0 spiro atoms. The van der Waals surface area contributed by atoms with Gasteiger partial charge in [-0.05, 0) is 23.6 Å². The number of carbonyl (C=O) groups is 1. The first-order valence-corrected chi connectivity index (χ1v) is 4.41. The van der Waals surface area contributed by atoms with Crippen molar-refractivity contribution in [3.8, 4) is 0 Å². The summed E-state index contributed by atoms with van der Waals surface area (Å²) >= 11 is 0. The molecule has 0 saturated heterocycles. The Morgan fingerprint density at radius 1 is 1.43 bits per heavy atom. The molecule has 0 bridgehead atoms. The third kappa shape index (κ3) is 3.09. The predicted molar refractivity (Wildman–Crippen MR) is 54.2 cm³/mol. The van der Waals surface area contributed by atoms with Crippen LogP contribution in [0.15, 0.2) is 22.6 Å². The summed E-state index contributed by atoms with van der Waals surface area (Å²) in [6.07, 6.45) is 3.75. The number of rotatable bonds is 2. The fourth-order valence-electron chi connectivity index (χ4n) is 0.889. The molecule has 0 unspecified atom stereocenters. The molecule has 0 amide bonds. The van der Waals surface area contributed by atoms with Gasteiger partial charge < -0.3 is 9.52 Å². The lowest BCUT2D eigenvalue weighted by Crippen LogP contribution is -1.97. The van der Waals surface area contributed by atoms with Gasteiger partial charge in [-0.1, -0.05) is 26.8 Å². The molecule has 1 aromatic rings. The van der Waals surface area contributed by atoms with Gasteiger partial charge >= 0.3 is 5.97 Å². The molecule has 14 heavy (non-hydrogen) atoms. The highest BCUT2D eigenvalue weighted by Gasteiger charge is 2.08. The van der Waals surface area contributed by atoms with E-state index >= 15 is 0 Å². The first-order chi connectivity index (χ1) is 6.38. The van der Waals surface area contributed by atoms with Gasteiger partial charge in [0, 0.05) is 0 Å². The molecule has 1 N–H and O–H groups in total. The minimum absolute atomic E-state index is 0.0291. The van der Waals surface area contributed by atoms with Crippen LogP contribution in [-0.2, 0) is 0 Å². The average Bonchev–Trinajstić information content (AvgIpc) is 2.47. The topological polar surface area (TPSA) is 50.4 Å². The zero-order chi connectivity index (χ0) is 10.8. The molecule has 0 aliphatic carbocycles. The first kappa shape index (κ1) is 10.6. The molecule has 0 radical (unpaired) electrons. The van der Waals surface area contributed by atoms with Gasteiger partial charge in [0.2, 0.25) is 5.76 Å². The summed E-state index contributed by atoms with van der Waals surface area (Å²) in [4.78, 5) is 10.5. The number of aromatic carboxylic acids is 1. The zero-order valence-corrected chi connectivity index (χ0v) is 8.57. The summed E-state index contributed by atoms with van der Waals surface area (Å²) in [5, 5.41) is 8.61. The smallest absolute Gasteiger partial charge is 0.371 e. The van der Waals surface area contributed by atoms with Crippen molar-refractivity contribution < 1.29 is 14.3 Å². The van der Waals surface area contributed by atoms with Crippen LogP contribution in [-0.4, -0.2) is 11.1 Å². The molecule has 0 aromatic carbocycles. The van der Waals surface area contributed by atoms with Crippen molar-refractivity contribution in [2.24, 2.45) is 5.41 Å². The summed E-state index contributed by atoms with van der Waals surface area (Å²) < 4.78 is 5.05. The largest absolute Gasteiger partial charge is 0.475 e. The van der Waals surface area contributed by atoms with Crippen LogP contribution in [0.5, 0.6) is 0 Å². The van der Waals surface area contributed by atoms with Crippen molar-refractivity contribution in [3.63, 3.8) is 0 Å². The third-order valence-electron chi connectivity index (χ3n) is 1.59. The highest BCUT2D eigenvalue weighted by Crippen LogP contribution is 2.18. The Balaban J connectivity index is 2.79. The van der Waals surface area contributed by atoms with Crippen LogP contribution in [0.25, 0.3) is 6.08 Å². The molecule has 1 aromatic heterocycles. The molecule has 1 heterocycles. The molecular formula is C11H14O3. The number of carboxylic acids is 1. The average molecular weight is 194 g/mol. The van der Waals surface area contributed by atoms with E-state index in [1.165, 1.54) is 6.07 Å². The summed E-state index contributed by atoms with van der Waals surface area (Å²) in [6, 6.07) is 3.09. The van der Waals surface area contributed by atoms with Crippen molar-refractivity contribution in [3.05, 3.63) is 29.7 Å². The van der Waals surface area contributed by atoms with Gasteiger partial charge in [-0.3, -0.25) is 0 Å². The molecule has 76 valence electrons. The highest BCUT2D eigenvalue weighted by atomic mass is 16.4. The van der Waals surface area contributed by atoms with Crippen LogP contribution in [0.3, 0.4) is 0 Å². The molecule has 1 rings (SSSR count). The Labute approximate surface area is 83.0 Å². The molecule has 0 aliphatic rings. The molecular weight excluding hydrogens is 180 g/mol. The Morgan fingerprint density at radius 2 is 2.07 bits per heavy atom. The second-order valence-electron chi connectivity index (χ2n) is 4.21. The summed E-state index contributed by atoms with van der Waals surface area (Å²) in [5.74, 6) is -0.503. The van der Waals surface area contributed by atoms with E-state index in [4.69, 9.17) is 9.52 Å². The molecule has 0 atom stereocenters. The van der Waals surface area contributed by atoms with E-state index in [-0.39, 0.29) is 11.2 Å². The van der Waals surface area contributed by atoms with Gasteiger partial charge in [0.15, 0.2) is 0 Å². The summed E-state index contributed by atoms with van der Waals surface area (Å²) in [6.45, 7) is 6.18. The van der Waals surface area contributed by atoms with Crippen LogP contribution in [0, 0.1) is 5.41 Å². The van der Waals surface area contributed by atoms with E-state index in [0.717, 1.165) is 0 Å². The van der Waals surface area contributed by atoms with Crippen molar-refractivity contribution in [2.45, 2.75) is 20.8 Å². The zero-order valence-electron chi connectivity index (χ0n) is 8.57. The number of carboxylic acid groups (broad SMARTS) is 1. The number of hydrogen-bond donors (Lipinski definition) is 1. The SMILES string of the molecule is CC(C)(C)C=Cc1ccc(C(=O)O)o1. The minimum atomic E-state index is -1.04. The van der Waals surface area contributed by atoms with E-state index < -0.39 is 5.97 Å². The second-order valence-corrected chi connectivity index (χ2v) is 4.21. The quantitative estimate of drug-likeness (QED) is 0.787. The molecule has 0 aliphatic heterocycles. The van der Waals surface area contributed by atoms with Crippen LogP contribution >= 0.6 is 0 Å². The maximum Gasteiger partial charge on any atom is 0.371 e. The lowest BCUT2D eigenvalue weighted by molar-refractivity contribution is 0.0662. The summed E-state index contributed by atoms with van der Waals surface area (Å²) in [7, 11) is 0. The minimum Gasteiger partial charge on any atom is -0.475 e. The van der Waals surface area contributed by atoms with E-state index in [2.05, 4.69) is 20.8 Å². The lowest BCUT2D eigenvalue weighted by atomic mass is 9.96. The normalized spacial score (nSPS) is 12.2. The lowest BCUT2D eigenvalue weighted by Gasteiger charge is -2.10. The van der Waals surface area contributed by atoms with E-state index in [9.17, 15) is 4.79 Å². The van der Waals surface area contributed by atoms with Crippen molar-refractivity contribution in [1.29, 1.82) is 0 Å².